The van der Waals surface area contributed by atoms with E-state index < -0.39 is 32.4 Å². The van der Waals surface area contributed by atoms with Crippen LogP contribution in [-0.4, -0.2) is 37.9 Å². The third-order valence-electron chi connectivity index (χ3n) is 4.21. The van der Waals surface area contributed by atoms with Gasteiger partial charge >= 0.3 is 0 Å². The van der Waals surface area contributed by atoms with Crippen LogP contribution in [0.2, 0.25) is 0 Å². The first-order valence-corrected chi connectivity index (χ1v) is 8.15. The average molecular weight is 320 g/mol. The Morgan fingerprint density at radius 1 is 1.19 bits per heavy atom. The lowest BCUT2D eigenvalue weighted by molar-refractivity contribution is 0.331. The molecule has 3 unspecified atom stereocenters. The first-order valence-electron chi connectivity index (χ1n) is 6.71. The Hall–Kier alpha value is -1.12. The van der Waals surface area contributed by atoms with Crippen LogP contribution in [0, 0.1) is 23.4 Å². The summed E-state index contributed by atoms with van der Waals surface area (Å²) >= 11 is 0. The van der Waals surface area contributed by atoms with Crippen LogP contribution < -0.4 is 5.32 Å². The maximum absolute atomic E-state index is 13.8. The summed E-state index contributed by atoms with van der Waals surface area (Å²) in [5.74, 6) is -3.79. The van der Waals surface area contributed by atoms with Gasteiger partial charge in [0, 0.05) is 30.8 Å². The molecular weight excluding hydrogens is 305 g/mol. The van der Waals surface area contributed by atoms with Crippen molar-refractivity contribution in [2.75, 3.05) is 13.1 Å². The molecule has 2 fully saturated rings. The zero-order valence-electron chi connectivity index (χ0n) is 11.3. The van der Waals surface area contributed by atoms with Crippen molar-refractivity contribution in [1.82, 2.24) is 9.62 Å². The van der Waals surface area contributed by atoms with E-state index in [9.17, 15) is 21.6 Å². The van der Waals surface area contributed by atoms with E-state index in [0.717, 1.165) is 4.31 Å². The molecule has 0 aliphatic carbocycles. The number of nitrogens with zero attached hydrogens (tertiary/aromatic N) is 1. The van der Waals surface area contributed by atoms with Crippen LogP contribution in [0.15, 0.2) is 17.0 Å². The molecule has 4 nitrogen and oxygen atoms in total. The van der Waals surface area contributed by atoms with E-state index in [0.29, 0.717) is 31.6 Å². The summed E-state index contributed by atoms with van der Waals surface area (Å²) in [6.07, 6.45) is 0.640. The second-order valence-electron chi connectivity index (χ2n) is 5.60. The molecule has 21 heavy (non-hydrogen) atoms. The fourth-order valence-electron chi connectivity index (χ4n) is 3.42. The molecule has 0 aromatic heterocycles. The Morgan fingerprint density at radius 3 is 2.43 bits per heavy atom. The summed E-state index contributed by atoms with van der Waals surface area (Å²) in [5.41, 5.74) is 0. The van der Waals surface area contributed by atoms with Crippen LogP contribution in [0.3, 0.4) is 0 Å². The Kier molecular flexibility index (Phi) is 3.50. The predicted molar refractivity (Wildman–Crippen MR) is 69.6 cm³/mol. The number of sulfonamides is 1. The number of halogens is 3. The van der Waals surface area contributed by atoms with Gasteiger partial charge < -0.3 is 5.32 Å². The van der Waals surface area contributed by atoms with Crippen molar-refractivity contribution in [1.29, 1.82) is 0 Å². The highest BCUT2D eigenvalue weighted by atomic mass is 32.2. The molecule has 1 N–H and O–H groups in total. The van der Waals surface area contributed by atoms with E-state index in [4.69, 9.17) is 0 Å². The van der Waals surface area contributed by atoms with Crippen molar-refractivity contribution < 1.29 is 21.6 Å². The molecule has 116 valence electrons. The van der Waals surface area contributed by atoms with Crippen LogP contribution in [0.5, 0.6) is 0 Å². The number of rotatable bonds is 2. The van der Waals surface area contributed by atoms with Gasteiger partial charge in [0.05, 0.1) is 0 Å². The lowest BCUT2D eigenvalue weighted by Crippen LogP contribution is -2.43. The normalized spacial score (nSPS) is 29.8. The molecule has 2 heterocycles. The minimum Gasteiger partial charge on any atom is -0.315 e. The standard InChI is InChI=1S/C13H15F3N2O2S/c1-7-2-8-5-17-6-12(8)18(7)21(19,20)13-10(15)3-9(14)4-11(13)16/h3-4,7-8,12,17H,2,5-6H2,1H3. The molecular formula is C13H15F3N2O2S. The highest BCUT2D eigenvalue weighted by molar-refractivity contribution is 7.89. The fourth-order valence-corrected chi connectivity index (χ4v) is 5.41. The van der Waals surface area contributed by atoms with Gasteiger partial charge in [-0.05, 0) is 25.8 Å². The number of benzene rings is 1. The Balaban J connectivity index is 2.09. The summed E-state index contributed by atoms with van der Waals surface area (Å²) in [6.45, 7) is 2.86. The van der Waals surface area contributed by atoms with Crippen molar-refractivity contribution >= 4 is 10.0 Å². The molecule has 0 spiro atoms. The second-order valence-corrected chi connectivity index (χ2v) is 7.38. The molecule has 2 aliphatic rings. The molecule has 8 heteroatoms. The molecule has 2 saturated heterocycles. The van der Waals surface area contributed by atoms with Gasteiger partial charge in [-0.25, -0.2) is 21.6 Å². The quantitative estimate of drug-likeness (QED) is 0.898. The van der Waals surface area contributed by atoms with Gasteiger partial charge in [0.15, 0.2) is 4.90 Å². The van der Waals surface area contributed by atoms with E-state index in [1.54, 1.807) is 6.92 Å². The lowest BCUT2D eigenvalue weighted by atomic mass is 10.0. The molecule has 1 aromatic rings. The summed E-state index contributed by atoms with van der Waals surface area (Å²) < 4.78 is 67.1. The molecule has 0 saturated carbocycles. The first kappa shape index (κ1) is 14.8. The van der Waals surface area contributed by atoms with Gasteiger partial charge in [-0.1, -0.05) is 0 Å². The predicted octanol–water partition coefficient (Wildman–Crippen LogP) is 1.47. The van der Waals surface area contributed by atoms with Gasteiger partial charge in [-0.15, -0.1) is 0 Å². The third-order valence-corrected chi connectivity index (χ3v) is 6.30. The van der Waals surface area contributed by atoms with E-state index >= 15 is 0 Å². The molecule has 3 atom stereocenters. The zero-order valence-corrected chi connectivity index (χ0v) is 12.1. The van der Waals surface area contributed by atoms with Crippen molar-refractivity contribution in [2.24, 2.45) is 5.92 Å². The van der Waals surface area contributed by atoms with Crippen LogP contribution in [0.1, 0.15) is 13.3 Å². The number of hydrogen-bond acceptors (Lipinski definition) is 3. The maximum Gasteiger partial charge on any atom is 0.249 e. The van der Waals surface area contributed by atoms with E-state index in [-0.39, 0.29) is 18.0 Å². The van der Waals surface area contributed by atoms with E-state index in [1.807, 2.05) is 0 Å². The van der Waals surface area contributed by atoms with Gasteiger partial charge in [0.1, 0.15) is 17.5 Å². The maximum atomic E-state index is 13.8. The van der Waals surface area contributed by atoms with Crippen LogP contribution in [-0.2, 0) is 10.0 Å². The topological polar surface area (TPSA) is 49.4 Å². The molecule has 0 bridgehead atoms. The minimum atomic E-state index is -4.34. The van der Waals surface area contributed by atoms with Crippen LogP contribution >= 0.6 is 0 Å². The van der Waals surface area contributed by atoms with Gasteiger partial charge in [-0.3, -0.25) is 0 Å². The van der Waals surface area contributed by atoms with E-state index in [2.05, 4.69) is 5.32 Å². The molecule has 3 rings (SSSR count). The fraction of sp³-hybridized carbons (Fsp3) is 0.538. The van der Waals surface area contributed by atoms with Gasteiger partial charge in [0.2, 0.25) is 10.0 Å². The summed E-state index contributed by atoms with van der Waals surface area (Å²) in [7, 11) is -4.34. The second kappa shape index (κ2) is 4.96. The van der Waals surface area contributed by atoms with Crippen molar-refractivity contribution in [3.63, 3.8) is 0 Å². The smallest absolute Gasteiger partial charge is 0.249 e. The SMILES string of the molecule is CC1CC2CNCC2N1S(=O)(=O)c1c(F)cc(F)cc1F. The summed E-state index contributed by atoms with van der Waals surface area (Å²) in [5, 5.41) is 3.08. The molecule has 0 radical (unpaired) electrons. The summed E-state index contributed by atoms with van der Waals surface area (Å²) in [4.78, 5) is -1.07. The third kappa shape index (κ3) is 2.25. The molecule has 2 aliphatic heterocycles. The Bertz CT molecular complexity index is 657. The largest absolute Gasteiger partial charge is 0.315 e. The van der Waals surface area contributed by atoms with Crippen LogP contribution in [0.4, 0.5) is 13.2 Å². The minimum absolute atomic E-state index is 0.140. The highest BCUT2D eigenvalue weighted by Gasteiger charge is 2.49. The van der Waals surface area contributed by atoms with Crippen molar-refractivity contribution in [2.45, 2.75) is 30.3 Å². The van der Waals surface area contributed by atoms with Crippen molar-refractivity contribution in [3.05, 3.63) is 29.6 Å². The number of nitrogens with one attached hydrogen (secondary N) is 1. The number of fused-ring (bicyclic) bond motifs is 1. The highest BCUT2D eigenvalue weighted by Crippen LogP contribution is 2.37. The molecule has 0 amide bonds. The van der Waals surface area contributed by atoms with Gasteiger partial charge in [0.25, 0.3) is 0 Å². The summed E-state index contributed by atoms with van der Waals surface area (Å²) in [6, 6.07) is 0.132. The Labute approximate surface area is 121 Å². The first-order chi connectivity index (χ1) is 9.82. The zero-order chi connectivity index (χ0) is 15.4. The monoisotopic (exact) mass is 320 g/mol. The van der Waals surface area contributed by atoms with Crippen LogP contribution in [0.25, 0.3) is 0 Å². The van der Waals surface area contributed by atoms with Gasteiger partial charge in [-0.2, -0.15) is 4.31 Å². The van der Waals surface area contributed by atoms with E-state index in [1.165, 1.54) is 0 Å². The lowest BCUT2D eigenvalue weighted by Gasteiger charge is -2.27. The number of hydrogen-bond donors (Lipinski definition) is 1. The Morgan fingerprint density at radius 2 is 1.81 bits per heavy atom. The van der Waals surface area contributed by atoms with Crippen molar-refractivity contribution in [3.8, 4) is 0 Å². The molecule has 1 aromatic carbocycles. The average Bonchev–Trinajstić information content (AvgIpc) is 2.85.